The predicted molar refractivity (Wildman–Crippen MR) is 80.7 cm³/mol. The number of carbonyl (C=O) groups is 1. The third kappa shape index (κ3) is 2.39. The Hall–Kier alpha value is -1.58. The standard InChI is InChI=1S/C17H16O2S/c1-12-8-10-14(11-9-12)16-17(19-16,13(2)18)20-15-6-4-3-5-7-15/h3-11,16H,1-2H3. The van der Waals surface area contributed by atoms with Gasteiger partial charge in [0.15, 0.2) is 5.78 Å². The highest BCUT2D eigenvalue weighted by atomic mass is 32.2. The van der Waals surface area contributed by atoms with Gasteiger partial charge >= 0.3 is 0 Å². The predicted octanol–water partition coefficient (Wildman–Crippen LogP) is 4.14. The summed E-state index contributed by atoms with van der Waals surface area (Å²) in [7, 11) is 0. The average molecular weight is 284 g/mol. The molecule has 0 spiro atoms. The van der Waals surface area contributed by atoms with Crippen molar-refractivity contribution >= 4 is 17.5 Å². The van der Waals surface area contributed by atoms with Gasteiger partial charge in [-0.1, -0.05) is 59.8 Å². The first-order chi connectivity index (χ1) is 9.62. The molecule has 102 valence electrons. The Morgan fingerprint density at radius 3 is 2.35 bits per heavy atom. The summed E-state index contributed by atoms with van der Waals surface area (Å²) in [4.78, 5) is 12.3. The average Bonchev–Trinajstić information content (AvgIpc) is 3.16. The summed E-state index contributed by atoms with van der Waals surface area (Å²) in [5, 5.41) is 0. The van der Waals surface area contributed by atoms with Crippen LogP contribution in [0, 0.1) is 6.92 Å². The molecule has 2 nitrogen and oxygen atoms in total. The molecule has 2 unspecified atom stereocenters. The molecular weight excluding hydrogens is 268 g/mol. The molecular formula is C17H16O2S. The Labute approximate surface area is 123 Å². The van der Waals surface area contributed by atoms with Gasteiger partial charge in [0, 0.05) is 4.90 Å². The maximum Gasteiger partial charge on any atom is 0.207 e. The number of ether oxygens (including phenoxy) is 1. The van der Waals surface area contributed by atoms with Crippen LogP contribution in [-0.2, 0) is 9.53 Å². The van der Waals surface area contributed by atoms with Crippen molar-refractivity contribution in [2.24, 2.45) is 0 Å². The minimum atomic E-state index is -0.753. The SMILES string of the molecule is CC(=O)C1(Sc2ccccc2)OC1c1ccc(C)cc1. The molecule has 2 atom stereocenters. The first kappa shape index (κ1) is 13.4. The molecule has 20 heavy (non-hydrogen) atoms. The minimum Gasteiger partial charge on any atom is -0.341 e. The van der Waals surface area contributed by atoms with E-state index < -0.39 is 4.93 Å². The second-order valence-electron chi connectivity index (χ2n) is 5.05. The Bertz CT molecular complexity index is 621. The van der Waals surface area contributed by atoms with Crippen molar-refractivity contribution in [3.63, 3.8) is 0 Å². The number of rotatable bonds is 4. The van der Waals surface area contributed by atoms with Gasteiger partial charge in [-0.2, -0.15) is 0 Å². The summed E-state index contributed by atoms with van der Waals surface area (Å²) in [6.07, 6.45) is -0.147. The molecule has 2 aromatic carbocycles. The van der Waals surface area contributed by atoms with Crippen LogP contribution in [0.15, 0.2) is 59.5 Å². The molecule has 3 rings (SSSR count). The summed E-state index contributed by atoms with van der Waals surface area (Å²) in [5.41, 5.74) is 2.27. The van der Waals surface area contributed by atoms with Crippen molar-refractivity contribution in [1.29, 1.82) is 0 Å². The van der Waals surface area contributed by atoms with E-state index in [-0.39, 0.29) is 11.9 Å². The van der Waals surface area contributed by atoms with Crippen LogP contribution in [0.3, 0.4) is 0 Å². The number of epoxide rings is 1. The lowest BCUT2D eigenvalue weighted by atomic mass is 10.1. The fraction of sp³-hybridized carbons (Fsp3) is 0.235. The number of benzene rings is 2. The highest BCUT2D eigenvalue weighted by Gasteiger charge is 2.62. The van der Waals surface area contributed by atoms with Crippen LogP contribution in [-0.4, -0.2) is 10.7 Å². The molecule has 1 saturated heterocycles. The summed E-state index contributed by atoms with van der Waals surface area (Å²) in [6.45, 7) is 3.65. The van der Waals surface area contributed by atoms with Gasteiger partial charge in [-0.15, -0.1) is 0 Å². The molecule has 1 aliphatic rings. The van der Waals surface area contributed by atoms with Crippen molar-refractivity contribution in [2.45, 2.75) is 29.8 Å². The van der Waals surface area contributed by atoms with Crippen molar-refractivity contribution in [3.8, 4) is 0 Å². The van der Waals surface area contributed by atoms with E-state index in [0.717, 1.165) is 10.5 Å². The molecule has 1 fully saturated rings. The number of aryl methyl sites for hydroxylation is 1. The third-order valence-electron chi connectivity index (χ3n) is 3.46. The second kappa shape index (κ2) is 5.08. The number of Topliss-reactive ketones (excluding diaryl/α,β-unsaturated/α-hetero) is 1. The molecule has 3 heteroatoms. The van der Waals surface area contributed by atoms with E-state index in [1.54, 1.807) is 6.92 Å². The van der Waals surface area contributed by atoms with Crippen LogP contribution < -0.4 is 0 Å². The first-order valence-electron chi connectivity index (χ1n) is 6.61. The highest BCUT2D eigenvalue weighted by Crippen LogP contribution is 2.59. The normalized spacial score (nSPS) is 24.4. The van der Waals surface area contributed by atoms with Crippen LogP contribution in [0.4, 0.5) is 0 Å². The zero-order chi connectivity index (χ0) is 14.2. The molecule has 2 aromatic rings. The molecule has 1 heterocycles. The number of hydrogen-bond acceptors (Lipinski definition) is 3. The van der Waals surface area contributed by atoms with Gasteiger partial charge in [0.05, 0.1) is 0 Å². The van der Waals surface area contributed by atoms with Gasteiger partial charge in [0.1, 0.15) is 6.10 Å². The summed E-state index contributed by atoms with van der Waals surface area (Å²) in [6, 6.07) is 18.1. The Morgan fingerprint density at radius 1 is 1.10 bits per heavy atom. The molecule has 0 aliphatic carbocycles. The lowest BCUT2D eigenvalue weighted by Crippen LogP contribution is -2.18. The maximum atomic E-state index is 12.0. The fourth-order valence-corrected chi connectivity index (χ4v) is 3.42. The largest absolute Gasteiger partial charge is 0.341 e. The fourth-order valence-electron chi connectivity index (χ4n) is 2.25. The van der Waals surface area contributed by atoms with Crippen LogP contribution in [0.25, 0.3) is 0 Å². The van der Waals surface area contributed by atoms with E-state index in [0.29, 0.717) is 0 Å². The van der Waals surface area contributed by atoms with Crippen molar-refractivity contribution in [2.75, 3.05) is 0 Å². The van der Waals surface area contributed by atoms with E-state index in [1.165, 1.54) is 17.3 Å². The van der Waals surface area contributed by atoms with Crippen molar-refractivity contribution < 1.29 is 9.53 Å². The zero-order valence-corrected chi connectivity index (χ0v) is 12.3. The smallest absolute Gasteiger partial charge is 0.207 e. The maximum absolute atomic E-state index is 12.0. The Balaban J connectivity index is 1.85. The highest BCUT2D eigenvalue weighted by molar-refractivity contribution is 8.01. The van der Waals surface area contributed by atoms with Crippen LogP contribution >= 0.6 is 11.8 Å². The van der Waals surface area contributed by atoms with Crippen LogP contribution in [0.5, 0.6) is 0 Å². The summed E-state index contributed by atoms with van der Waals surface area (Å²) >= 11 is 1.50. The van der Waals surface area contributed by atoms with Gasteiger partial charge in [-0.3, -0.25) is 4.79 Å². The van der Waals surface area contributed by atoms with Crippen molar-refractivity contribution in [1.82, 2.24) is 0 Å². The van der Waals surface area contributed by atoms with E-state index in [4.69, 9.17) is 4.74 Å². The van der Waals surface area contributed by atoms with Crippen LogP contribution in [0.2, 0.25) is 0 Å². The zero-order valence-electron chi connectivity index (χ0n) is 11.5. The molecule has 0 aromatic heterocycles. The molecule has 0 N–H and O–H groups in total. The lowest BCUT2D eigenvalue weighted by molar-refractivity contribution is -0.119. The van der Waals surface area contributed by atoms with E-state index in [2.05, 4.69) is 19.1 Å². The quantitative estimate of drug-likeness (QED) is 0.790. The molecule has 0 bridgehead atoms. The number of carbonyl (C=O) groups excluding carboxylic acids is 1. The Morgan fingerprint density at radius 2 is 1.75 bits per heavy atom. The summed E-state index contributed by atoms with van der Waals surface area (Å²) < 4.78 is 5.81. The third-order valence-corrected chi connectivity index (χ3v) is 4.87. The number of ketones is 1. The minimum absolute atomic E-state index is 0.0666. The van der Waals surface area contributed by atoms with Gasteiger partial charge in [0.25, 0.3) is 0 Å². The van der Waals surface area contributed by atoms with Gasteiger partial charge in [-0.05, 0) is 31.5 Å². The molecule has 1 aliphatic heterocycles. The van der Waals surface area contributed by atoms with Gasteiger partial charge in [-0.25, -0.2) is 0 Å². The first-order valence-corrected chi connectivity index (χ1v) is 7.43. The monoisotopic (exact) mass is 284 g/mol. The van der Waals surface area contributed by atoms with E-state index >= 15 is 0 Å². The summed E-state index contributed by atoms with van der Waals surface area (Å²) in [5.74, 6) is 0.0666. The van der Waals surface area contributed by atoms with Gasteiger partial charge < -0.3 is 4.74 Å². The topological polar surface area (TPSA) is 29.6 Å². The second-order valence-corrected chi connectivity index (χ2v) is 6.33. The van der Waals surface area contributed by atoms with E-state index in [9.17, 15) is 4.79 Å². The number of hydrogen-bond donors (Lipinski definition) is 0. The Kier molecular flexibility index (Phi) is 3.40. The number of thioether (sulfide) groups is 1. The van der Waals surface area contributed by atoms with Crippen LogP contribution in [0.1, 0.15) is 24.2 Å². The molecule has 0 saturated carbocycles. The van der Waals surface area contributed by atoms with Gasteiger partial charge in [0.2, 0.25) is 4.93 Å². The van der Waals surface area contributed by atoms with E-state index in [1.807, 2.05) is 42.5 Å². The molecule has 0 radical (unpaired) electrons. The van der Waals surface area contributed by atoms with Crippen molar-refractivity contribution in [3.05, 3.63) is 65.7 Å². The molecule has 0 amide bonds. The lowest BCUT2D eigenvalue weighted by Gasteiger charge is -2.09.